The molecule has 2 aliphatic heterocycles. The van der Waals surface area contributed by atoms with E-state index < -0.39 is 0 Å². The molecule has 3 aliphatic rings. The SMILES string of the molecule is CC(C)C1C(=O)N2CCCC2C(=O)N1C1CC1. The summed E-state index contributed by atoms with van der Waals surface area (Å²) in [6.07, 6.45) is 3.99. The highest BCUT2D eigenvalue weighted by atomic mass is 16.2. The van der Waals surface area contributed by atoms with Gasteiger partial charge in [-0.2, -0.15) is 0 Å². The van der Waals surface area contributed by atoms with Crippen molar-refractivity contribution in [1.29, 1.82) is 0 Å². The number of piperazine rings is 1. The van der Waals surface area contributed by atoms with Gasteiger partial charge in [0.2, 0.25) is 11.8 Å². The summed E-state index contributed by atoms with van der Waals surface area (Å²) in [6, 6.07) is 0.00375. The second-order valence-electron chi connectivity index (χ2n) is 5.86. The third-order valence-corrected chi connectivity index (χ3v) is 4.20. The lowest BCUT2D eigenvalue weighted by Gasteiger charge is -2.44. The number of hydrogen-bond acceptors (Lipinski definition) is 2. The molecule has 0 aromatic rings. The highest BCUT2D eigenvalue weighted by molar-refractivity contribution is 5.98. The van der Waals surface area contributed by atoms with E-state index in [0.717, 1.165) is 32.2 Å². The molecular weight excluding hydrogens is 216 g/mol. The molecule has 0 radical (unpaired) electrons. The summed E-state index contributed by atoms with van der Waals surface area (Å²) in [5, 5.41) is 0. The topological polar surface area (TPSA) is 40.6 Å². The Morgan fingerprint density at radius 2 is 1.82 bits per heavy atom. The van der Waals surface area contributed by atoms with Gasteiger partial charge in [0.15, 0.2) is 0 Å². The maximum atomic E-state index is 12.5. The van der Waals surface area contributed by atoms with Crippen molar-refractivity contribution in [3.63, 3.8) is 0 Å². The number of nitrogens with zero attached hydrogens (tertiary/aromatic N) is 2. The van der Waals surface area contributed by atoms with E-state index in [2.05, 4.69) is 0 Å². The summed E-state index contributed by atoms with van der Waals surface area (Å²) in [5.41, 5.74) is 0. The molecule has 3 rings (SSSR count). The first-order valence-corrected chi connectivity index (χ1v) is 6.74. The summed E-state index contributed by atoms with van der Waals surface area (Å²) < 4.78 is 0. The van der Waals surface area contributed by atoms with Crippen molar-refractivity contribution in [2.75, 3.05) is 6.54 Å². The van der Waals surface area contributed by atoms with Gasteiger partial charge in [0.25, 0.3) is 0 Å². The smallest absolute Gasteiger partial charge is 0.246 e. The van der Waals surface area contributed by atoms with E-state index in [-0.39, 0.29) is 29.8 Å². The first-order chi connectivity index (χ1) is 8.11. The zero-order valence-corrected chi connectivity index (χ0v) is 10.6. The Morgan fingerprint density at radius 1 is 1.12 bits per heavy atom. The summed E-state index contributed by atoms with van der Waals surface area (Å²) >= 11 is 0. The minimum atomic E-state index is -0.204. The number of carbonyl (C=O) groups is 2. The van der Waals surface area contributed by atoms with Gasteiger partial charge in [0, 0.05) is 12.6 Å². The normalized spacial score (nSPS) is 33.6. The average molecular weight is 236 g/mol. The number of fused-ring (bicyclic) bond motifs is 1. The van der Waals surface area contributed by atoms with Crippen LogP contribution in [0, 0.1) is 5.92 Å². The molecule has 2 atom stereocenters. The Bertz CT molecular complexity index is 336. The van der Waals surface area contributed by atoms with Crippen molar-refractivity contribution in [3.05, 3.63) is 0 Å². The largest absolute Gasteiger partial charge is 0.329 e. The lowest BCUT2D eigenvalue weighted by atomic mass is 9.95. The zero-order chi connectivity index (χ0) is 12.2. The van der Waals surface area contributed by atoms with E-state index in [9.17, 15) is 9.59 Å². The molecule has 4 nitrogen and oxygen atoms in total. The van der Waals surface area contributed by atoms with E-state index >= 15 is 0 Å². The second-order valence-corrected chi connectivity index (χ2v) is 5.86. The molecule has 2 saturated heterocycles. The van der Waals surface area contributed by atoms with E-state index in [1.807, 2.05) is 23.6 Å². The molecule has 1 aliphatic carbocycles. The van der Waals surface area contributed by atoms with Crippen molar-refractivity contribution in [2.45, 2.75) is 57.7 Å². The molecule has 3 fully saturated rings. The van der Waals surface area contributed by atoms with Crippen LogP contribution in [-0.4, -0.2) is 46.3 Å². The summed E-state index contributed by atoms with van der Waals surface area (Å²) in [6.45, 7) is 4.86. The van der Waals surface area contributed by atoms with E-state index in [1.54, 1.807) is 0 Å². The number of hydrogen-bond donors (Lipinski definition) is 0. The number of amides is 2. The number of rotatable bonds is 2. The molecule has 2 heterocycles. The minimum Gasteiger partial charge on any atom is -0.329 e. The van der Waals surface area contributed by atoms with E-state index in [4.69, 9.17) is 0 Å². The van der Waals surface area contributed by atoms with Gasteiger partial charge in [-0.05, 0) is 31.6 Å². The van der Waals surface area contributed by atoms with Gasteiger partial charge >= 0.3 is 0 Å². The molecular formula is C13H20N2O2. The molecule has 0 spiro atoms. The molecule has 4 heteroatoms. The predicted molar refractivity (Wildman–Crippen MR) is 63.2 cm³/mol. The standard InChI is InChI=1S/C13H20N2O2/c1-8(2)11-13(17)14-7-3-4-10(14)12(16)15(11)9-5-6-9/h8-11H,3-7H2,1-2H3. The Hall–Kier alpha value is -1.06. The van der Waals surface area contributed by atoms with Crippen LogP contribution in [0.25, 0.3) is 0 Å². The molecule has 1 saturated carbocycles. The lowest BCUT2D eigenvalue weighted by molar-refractivity contribution is -0.162. The van der Waals surface area contributed by atoms with Gasteiger partial charge < -0.3 is 9.80 Å². The predicted octanol–water partition coefficient (Wildman–Crippen LogP) is 1.01. The van der Waals surface area contributed by atoms with Crippen molar-refractivity contribution in [3.8, 4) is 0 Å². The summed E-state index contributed by atoms with van der Waals surface area (Å²) in [4.78, 5) is 28.7. The fourth-order valence-electron chi connectivity index (χ4n) is 3.25. The Morgan fingerprint density at radius 3 is 2.41 bits per heavy atom. The maximum Gasteiger partial charge on any atom is 0.246 e. The number of carbonyl (C=O) groups excluding carboxylic acids is 2. The fourth-order valence-corrected chi connectivity index (χ4v) is 3.25. The molecule has 94 valence electrons. The Kier molecular flexibility index (Phi) is 2.42. The van der Waals surface area contributed by atoms with Crippen molar-refractivity contribution in [1.82, 2.24) is 9.80 Å². The molecule has 0 bridgehead atoms. The van der Waals surface area contributed by atoms with Crippen LogP contribution < -0.4 is 0 Å². The molecule has 2 amide bonds. The second kappa shape index (κ2) is 3.72. The van der Waals surface area contributed by atoms with Crippen LogP contribution in [0.5, 0.6) is 0 Å². The lowest BCUT2D eigenvalue weighted by Crippen LogP contribution is -2.64. The molecule has 0 aromatic carbocycles. The van der Waals surface area contributed by atoms with Crippen LogP contribution in [0.3, 0.4) is 0 Å². The van der Waals surface area contributed by atoms with Crippen molar-refractivity contribution in [2.24, 2.45) is 5.92 Å². The van der Waals surface area contributed by atoms with E-state index in [1.165, 1.54) is 0 Å². The van der Waals surface area contributed by atoms with Crippen LogP contribution in [0.4, 0.5) is 0 Å². The summed E-state index contributed by atoms with van der Waals surface area (Å²) in [7, 11) is 0. The minimum absolute atomic E-state index is 0.141. The van der Waals surface area contributed by atoms with Gasteiger partial charge in [-0.3, -0.25) is 9.59 Å². The van der Waals surface area contributed by atoms with Crippen molar-refractivity contribution < 1.29 is 9.59 Å². The monoisotopic (exact) mass is 236 g/mol. The molecule has 0 N–H and O–H groups in total. The third-order valence-electron chi connectivity index (χ3n) is 4.20. The first-order valence-electron chi connectivity index (χ1n) is 6.74. The fraction of sp³-hybridized carbons (Fsp3) is 0.846. The highest BCUT2D eigenvalue weighted by Crippen LogP contribution is 2.37. The quantitative estimate of drug-likeness (QED) is 0.718. The van der Waals surface area contributed by atoms with Gasteiger partial charge in [-0.1, -0.05) is 13.8 Å². The van der Waals surface area contributed by atoms with E-state index in [0.29, 0.717) is 6.04 Å². The Balaban J connectivity index is 1.94. The average Bonchev–Trinajstić information content (AvgIpc) is 2.98. The molecule has 17 heavy (non-hydrogen) atoms. The molecule has 2 unspecified atom stereocenters. The van der Waals surface area contributed by atoms with Gasteiger partial charge in [0.05, 0.1) is 0 Å². The van der Waals surface area contributed by atoms with Crippen LogP contribution in [-0.2, 0) is 9.59 Å². The Labute approximate surface area is 102 Å². The van der Waals surface area contributed by atoms with Crippen LogP contribution in [0.1, 0.15) is 39.5 Å². The third kappa shape index (κ3) is 1.57. The van der Waals surface area contributed by atoms with Crippen LogP contribution >= 0.6 is 0 Å². The maximum absolute atomic E-state index is 12.5. The molecule has 0 aromatic heterocycles. The summed E-state index contributed by atoms with van der Waals surface area (Å²) in [5.74, 6) is 0.617. The van der Waals surface area contributed by atoms with Crippen molar-refractivity contribution >= 4 is 11.8 Å². The van der Waals surface area contributed by atoms with Gasteiger partial charge in [-0.25, -0.2) is 0 Å². The van der Waals surface area contributed by atoms with Crippen LogP contribution in [0.15, 0.2) is 0 Å². The zero-order valence-electron chi connectivity index (χ0n) is 10.6. The first kappa shape index (κ1) is 11.1. The van der Waals surface area contributed by atoms with Gasteiger partial charge in [0.1, 0.15) is 12.1 Å². The highest BCUT2D eigenvalue weighted by Gasteiger charge is 2.52. The van der Waals surface area contributed by atoms with Gasteiger partial charge in [-0.15, -0.1) is 0 Å². The van der Waals surface area contributed by atoms with Crippen LogP contribution in [0.2, 0.25) is 0 Å².